The van der Waals surface area contributed by atoms with Gasteiger partial charge < -0.3 is 14.2 Å². The first-order valence-electron chi connectivity index (χ1n) is 11.8. The van der Waals surface area contributed by atoms with Crippen LogP contribution in [0, 0.1) is 11.3 Å². The van der Waals surface area contributed by atoms with E-state index in [4.69, 9.17) is 0 Å². The molecule has 0 N–H and O–H groups in total. The van der Waals surface area contributed by atoms with Crippen molar-refractivity contribution in [2.75, 3.05) is 11.4 Å². The first-order chi connectivity index (χ1) is 18.2. The van der Waals surface area contributed by atoms with E-state index in [1.54, 1.807) is 58.0 Å². The molecular formula is C27H22F2N4O4S. The Balaban J connectivity index is 1.56. The van der Waals surface area contributed by atoms with Gasteiger partial charge in [-0.3, -0.25) is 4.79 Å². The van der Waals surface area contributed by atoms with Crippen LogP contribution in [-0.2, 0) is 26.9 Å². The molecule has 0 bridgehead atoms. The van der Waals surface area contributed by atoms with Crippen molar-refractivity contribution in [3.05, 3.63) is 83.7 Å². The van der Waals surface area contributed by atoms with Gasteiger partial charge >= 0.3 is 6.61 Å². The van der Waals surface area contributed by atoms with Gasteiger partial charge in [-0.05, 0) is 48.9 Å². The zero-order chi connectivity index (χ0) is 26.9. The van der Waals surface area contributed by atoms with E-state index in [1.807, 2.05) is 0 Å². The molecule has 0 unspecified atom stereocenters. The molecule has 194 valence electrons. The zero-order valence-corrected chi connectivity index (χ0v) is 20.9. The number of ether oxygens (including phenoxy) is 1. The highest BCUT2D eigenvalue weighted by Gasteiger charge is 2.26. The second-order valence-corrected chi connectivity index (χ2v) is 10.8. The lowest BCUT2D eigenvalue weighted by molar-refractivity contribution is -0.117. The number of halogens is 2. The van der Waals surface area contributed by atoms with Crippen LogP contribution in [0.5, 0.6) is 5.75 Å². The Morgan fingerprint density at radius 3 is 2.63 bits per heavy atom. The summed E-state index contributed by atoms with van der Waals surface area (Å²) in [6.45, 7) is -2.52. The molecule has 0 radical (unpaired) electrons. The molecular weight excluding hydrogens is 514 g/mol. The van der Waals surface area contributed by atoms with Crippen molar-refractivity contribution in [1.82, 2.24) is 9.55 Å². The standard InChI is InChI=1S/C27H22F2N4O4S/c28-27(29)37-24-8-2-1-5-19(24)16-33-23-13-18(15-30)10-11-22(23)31-25(33)17-38(35,36)21-7-3-6-20(14-21)32-12-4-9-26(32)34/h1-3,5-8,10-11,13-14,27H,4,9,12,16-17H2. The van der Waals surface area contributed by atoms with Crippen LogP contribution in [0.15, 0.2) is 71.6 Å². The highest BCUT2D eigenvalue weighted by atomic mass is 32.2. The fraction of sp³-hybridized carbons (Fsp3) is 0.222. The number of aromatic nitrogens is 2. The number of imidazole rings is 1. The van der Waals surface area contributed by atoms with E-state index in [2.05, 4.69) is 15.8 Å². The van der Waals surface area contributed by atoms with E-state index >= 15 is 0 Å². The van der Waals surface area contributed by atoms with Gasteiger partial charge in [-0.25, -0.2) is 13.4 Å². The summed E-state index contributed by atoms with van der Waals surface area (Å²) in [6.07, 6.45) is 1.13. The van der Waals surface area contributed by atoms with Crippen LogP contribution < -0.4 is 9.64 Å². The van der Waals surface area contributed by atoms with Gasteiger partial charge in [-0.1, -0.05) is 24.3 Å². The smallest absolute Gasteiger partial charge is 0.387 e. The fourth-order valence-corrected chi connectivity index (χ4v) is 5.88. The molecule has 0 aliphatic carbocycles. The van der Waals surface area contributed by atoms with Gasteiger partial charge in [0.25, 0.3) is 0 Å². The molecule has 1 aromatic heterocycles. The van der Waals surface area contributed by atoms with Crippen LogP contribution in [0.3, 0.4) is 0 Å². The van der Waals surface area contributed by atoms with E-state index in [1.165, 1.54) is 18.2 Å². The quantitative estimate of drug-likeness (QED) is 0.324. The van der Waals surface area contributed by atoms with Gasteiger partial charge in [0, 0.05) is 24.2 Å². The lowest BCUT2D eigenvalue weighted by Gasteiger charge is -2.17. The van der Waals surface area contributed by atoms with Gasteiger partial charge in [-0.2, -0.15) is 14.0 Å². The van der Waals surface area contributed by atoms with Crippen LogP contribution in [0.2, 0.25) is 0 Å². The summed E-state index contributed by atoms with van der Waals surface area (Å²) in [7, 11) is -3.93. The van der Waals surface area contributed by atoms with E-state index in [0.29, 0.717) is 47.2 Å². The third-order valence-corrected chi connectivity index (χ3v) is 7.96. The van der Waals surface area contributed by atoms with Crippen LogP contribution in [0.4, 0.5) is 14.5 Å². The Bertz CT molecular complexity index is 1680. The van der Waals surface area contributed by atoms with Crippen molar-refractivity contribution in [2.45, 2.75) is 36.6 Å². The van der Waals surface area contributed by atoms with Crippen molar-refractivity contribution < 1.29 is 26.7 Å². The third kappa shape index (κ3) is 5.08. The first kappa shape index (κ1) is 25.4. The number of nitrogens with zero attached hydrogens (tertiary/aromatic N) is 4. The summed E-state index contributed by atoms with van der Waals surface area (Å²) >= 11 is 0. The molecule has 4 aromatic rings. The third-order valence-electron chi connectivity index (χ3n) is 6.35. The Kier molecular flexibility index (Phi) is 6.82. The molecule has 38 heavy (non-hydrogen) atoms. The molecule has 0 spiro atoms. The molecule has 5 rings (SSSR count). The number of sulfone groups is 1. The highest BCUT2D eigenvalue weighted by Crippen LogP contribution is 2.29. The Labute approximate surface area is 217 Å². The summed E-state index contributed by atoms with van der Waals surface area (Å²) in [6, 6.07) is 19.3. The maximum atomic E-state index is 13.5. The number of fused-ring (bicyclic) bond motifs is 1. The number of carbonyl (C=O) groups excluding carboxylic acids is 1. The number of hydrogen-bond donors (Lipinski definition) is 0. The average molecular weight is 537 g/mol. The molecule has 1 amide bonds. The molecule has 1 aliphatic rings. The van der Waals surface area contributed by atoms with E-state index in [-0.39, 0.29) is 28.9 Å². The topological polar surface area (TPSA) is 105 Å². The number of amides is 1. The molecule has 0 saturated carbocycles. The van der Waals surface area contributed by atoms with E-state index in [9.17, 15) is 27.3 Å². The largest absolute Gasteiger partial charge is 0.434 e. The lowest BCUT2D eigenvalue weighted by Crippen LogP contribution is -2.23. The molecule has 1 saturated heterocycles. The number of nitriles is 1. The summed E-state index contributed by atoms with van der Waals surface area (Å²) in [5.41, 5.74) is 2.19. The molecule has 1 fully saturated rings. The normalized spacial score (nSPS) is 13.8. The first-order valence-corrected chi connectivity index (χ1v) is 13.5. The van der Waals surface area contributed by atoms with Gasteiger partial charge in [0.05, 0.1) is 34.1 Å². The number of rotatable bonds is 8. The van der Waals surface area contributed by atoms with Crippen LogP contribution in [-0.4, -0.2) is 37.0 Å². The lowest BCUT2D eigenvalue weighted by atomic mass is 10.2. The Morgan fingerprint density at radius 1 is 1.08 bits per heavy atom. The minimum atomic E-state index is -3.93. The van der Waals surface area contributed by atoms with Gasteiger partial charge in [-0.15, -0.1) is 0 Å². The number of benzene rings is 3. The number of anilines is 1. The van der Waals surface area contributed by atoms with Crippen molar-refractivity contribution in [2.24, 2.45) is 0 Å². The Morgan fingerprint density at radius 2 is 1.89 bits per heavy atom. The summed E-state index contributed by atoms with van der Waals surface area (Å²) in [4.78, 5) is 18.3. The summed E-state index contributed by atoms with van der Waals surface area (Å²) in [5, 5.41) is 9.39. The minimum absolute atomic E-state index is 0.0125. The number of carbonyl (C=O) groups is 1. The van der Waals surface area contributed by atoms with Crippen molar-refractivity contribution in [3.8, 4) is 11.8 Å². The van der Waals surface area contributed by atoms with Crippen molar-refractivity contribution in [1.29, 1.82) is 5.26 Å². The molecule has 3 aromatic carbocycles. The maximum absolute atomic E-state index is 13.5. The van der Waals surface area contributed by atoms with Crippen molar-refractivity contribution in [3.63, 3.8) is 0 Å². The minimum Gasteiger partial charge on any atom is -0.434 e. The van der Waals surface area contributed by atoms with Gasteiger partial charge in [0.1, 0.15) is 17.3 Å². The molecule has 8 nitrogen and oxygen atoms in total. The number of hydrogen-bond acceptors (Lipinski definition) is 6. The van der Waals surface area contributed by atoms with Crippen LogP contribution in [0.1, 0.15) is 29.8 Å². The molecule has 11 heteroatoms. The van der Waals surface area contributed by atoms with Crippen molar-refractivity contribution >= 4 is 32.5 Å². The fourth-order valence-electron chi connectivity index (χ4n) is 4.56. The highest BCUT2D eigenvalue weighted by molar-refractivity contribution is 7.90. The van der Waals surface area contributed by atoms with Gasteiger partial charge in [0.15, 0.2) is 9.84 Å². The van der Waals surface area contributed by atoms with E-state index in [0.717, 1.165) is 0 Å². The SMILES string of the molecule is N#Cc1ccc2nc(CS(=O)(=O)c3cccc(N4CCCC4=O)c3)n(Cc3ccccc3OC(F)F)c2c1. The monoisotopic (exact) mass is 536 g/mol. The van der Waals surface area contributed by atoms with Crippen LogP contribution in [0.25, 0.3) is 11.0 Å². The molecule has 1 aliphatic heterocycles. The molecule has 2 heterocycles. The predicted octanol–water partition coefficient (Wildman–Crippen LogP) is 4.66. The number of para-hydroxylation sites is 1. The van der Waals surface area contributed by atoms with Crippen LogP contribution >= 0.6 is 0 Å². The summed E-state index contributed by atoms with van der Waals surface area (Å²) in [5.74, 6) is -0.416. The second-order valence-electron chi connectivity index (χ2n) is 8.82. The second kappa shape index (κ2) is 10.2. The van der Waals surface area contributed by atoms with E-state index < -0.39 is 22.2 Å². The Hall–Kier alpha value is -4.30. The zero-order valence-electron chi connectivity index (χ0n) is 20.0. The number of alkyl halides is 2. The average Bonchev–Trinajstić information content (AvgIpc) is 3.47. The molecule has 0 atom stereocenters. The maximum Gasteiger partial charge on any atom is 0.387 e. The van der Waals surface area contributed by atoms with Gasteiger partial charge in [0.2, 0.25) is 5.91 Å². The predicted molar refractivity (Wildman–Crippen MR) is 136 cm³/mol. The summed E-state index contributed by atoms with van der Waals surface area (Å²) < 4.78 is 59.3.